The summed E-state index contributed by atoms with van der Waals surface area (Å²) in [4.78, 5) is 0. The summed E-state index contributed by atoms with van der Waals surface area (Å²) in [5.74, 6) is 0.582. The molecule has 2 aromatic rings. The summed E-state index contributed by atoms with van der Waals surface area (Å²) < 4.78 is 0. The van der Waals surface area contributed by atoms with Gasteiger partial charge >= 0.3 is 0 Å². The average molecular weight is 252 g/mol. The van der Waals surface area contributed by atoms with Crippen LogP contribution in [-0.4, -0.2) is 0 Å². The van der Waals surface area contributed by atoms with Crippen molar-refractivity contribution in [1.29, 1.82) is 0 Å². The monoisotopic (exact) mass is 252 g/mol. The van der Waals surface area contributed by atoms with E-state index in [4.69, 9.17) is 0 Å². The molecule has 0 spiro atoms. The van der Waals surface area contributed by atoms with Crippen molar-refractivity contribution in [3.8, 4) is 0 Å². The molecular weight excluding hydrogens is 228 g/mol. The van der Waals surface area contributed by atoms with E-state index in [9.17, 15) is 0 Å². The lowest BCUT2D eigenvalue weighted by atomic mass is 9.90. The van der Waals surface area contributed by atoms with Crippen molar-refractivity contribution in [2.45, 2.75) is 46.0 Å². The molecule has 2 aromatic carbocycles. The lowest BCUT2D eigenvalue weighted by molar-refractivity contribution is 0.751. The van der Waals surface area contributed by atoms with Crippen molar-refractivity contribution in [1.82, 2.24) is 0 Å². The van der Waals surface area contributed by atoms with E-state index in [0.29, 0.717) is 5.92 Å². The van der Waals surface area contributed by atoms with Crippen molar-refractivity contribution in [2.24, 2.45) is 0 Å². The van der Waals surface area contributed by atoms with Crippen molar-refractivity contribution >= 4 is 0 Å². The molecule has 0 aromatic heterocycles. The minimum atomic E-state index is 0.582. The normalized spacial score (nSPS) is 12.4. The van der Waals surface area contributed by atoms with Crippen molar-refractivity contribution in [2.75, 3.05) is 0 Å². The van der Waals surface area contributed by atoms with E-state index in [2.05, 4.69) is 69.3 Å². The van der Waals surface area contributed by atoms with E-state index in [1.807, 2.05) is 0 Å². The zero-order valence-corrected chi connectivity index (χ0v) is 12.3. The van der Waals surface area contributed by atoms with E-state index in [0.717, 1.165) is 19.3 Å². The Hall–Kier alpha value is -1.56. The van der Waals surface area contributed by atoms with Crippen LogP contribution in [0.5, 0.6) is 0 Å². The van der Waals surface area contributed by atoms with Crippen molar-refractivity contribution in [3.63, 3.8) is 0 Å². The molecule has 0 aliphatic heterocycles. The molecule has 0 fully saturated rings. The first-order valence-corrected chi connectivity index (χ1v) is 7.40. The number of benzene rings is 2. The van der Waals surface area contributed by atoms with Gasteiger partial charge in [0.05, 0.1) is 0 Å². The van der Waals surface area contributed by atoms with Crippen LogP contribution in [0.3, 0.4) is 0 Å². The molecule has 1 unspecified atom stereocenters. The summed E-state index contributed by atoms with van der Waals surface area (Å²) in [6.07, 6.45) is 3.39. The number of aryl methyl sites for hydroxylation is 2. The van der Waals surface area contributed by atoms with Crippen LogP contribution >= 0.6 is 0 Å². The lowest BCUT2D eigenvalue weighted by Gasteiger charge is -2.15. The Labute approximate surface area is 117 Å². The molecule has 0 aliphatic rings. The van der Waals surface area contributed by atoms with Gasteiger partial charge in [0.15, 0.2) is 0 Å². The summed E-state index contributed by atoms with van der Waals surface area (Å²) in [6.45, 7) is 6.80. The van der Waals surface area contributed by atoms with E-state index in [1.165, 1.54) is 22.3 Å². The predicted molar refractivity (Wildman–Crippen MR) is 83.8 cm³/mol. The highest BCUT2D eigenvalue weighted by Crippen LogP contribution is 2.23. The SMILES string of the molecule is CCc1ccc(CC(C)c2ccccc2)c(CC)c1. The van der Waals surface area contributed by atoms with Gasteiger partial charge in [-0.25, -0.2) is 0 Å². The third-order valence-electron chi connectivity index (χ3n) is 3.95. The van der Waals surface area contributed by atoms with Crippen molar-refractivity contribution < 1.29 is 0 Å². The van der Waals surface area contributed by atoms with E-state index in [1.54, 1.807) is 0 Å². The maximum absolute atomic E-state index is 2.38. The fourth-order valence-corrected chi connectivity index (χ4v) is 2.66. The number of hydrogen-bond donors (Lipinski definition) is 0. The van der Waals surface area contributed by atoms with Gasteiger partial charge in [0, 0.05) is 0 Å². The smallest absolute Gasteiger partial charge is 0.0150 e. The quantitative estimate of drug-likeness (QED) is 0.689. The maximum atomic E-state index is 2.38. The van der Waals surface area contributed by atoms with Gasteiger partial charge in [0.1, 0.15) is 0 Å². The molecule has 0 amide bonds. The molecule has 0 N–H and O–H groups in total. The summed E-state index contributed by atoms with van der Waals surface area (Å²) in [5.41, 5.74) is 5.91. The second-order valence-corrected chi connectivity index (χ2v) is 5.33. The summed E-state index contributed by atoms with van der Waals surface area (Å²) in [7, 11) is 0. The van der Waals surface area contributed by atoms with Gasteiger partial charge in [-0.3, -0.25) is 0 Å². The predicted octanol–water partition coefficient (Wildman–Crippen LogP) is 5.16. The first-order valence-electron chi connectivity index (χ1n) is 7.40. The molecule has 0 saturated carbocycles. The van der Waals surface area contributed by atoms with Crippen LogP contribution in [-0.2, 0) is 19.3 Å². The van der Waals surface area contributed by atoms with E-state index in [-0.39, 0.29) is 0 Å². The van der Waals surface area contributed by atoms with Crippen LogP contribution in [0.4, 0.5) is 0 Å². The standard InChI is InChI=1S/C19H24/c1-4-16-11-12-19(17(5-2)14-16)13-15(3)18-9-7-6-8-10-18/h6-12,14-15H,4-5,13H2,1-3H3. The van der Waals surface area contributed by atoms with Crippen LogP contribution in [0, 0.1) is 0 Å². The van der Waals surface area contributed by atoms with Crippen LogP contribution in [0.15, 0.2) is 48.5 Å². The maximum Gasteiger partial charge on any atom is -0.0150 e. The first kappa shape index (κ1) is 13.9. The summed E-state index contributed by atoms with van der Waals surface area (Å²) in [5, 5.41) is 0. The highest BCUT2D eigenvalue weighted by molar-refractivity contribution is 5.34. The molecule has 0 heterocycles. The fourth-order valence-electron chi connectivity index (χ4n) is 2.66. The Morgan fingerprint density at radius 3 is 2.21 bits per heavy atom. The molecule has 0 saturated heterocycles. The first-order chi connectivity index (χ1) is 9.24. The van der Waals surface area contributed by atoms with Crippen LogP contribution < -0.4 is 0 Å². The third kappa shape index (κ3) is 3.47. The number of hydrogen-bond acceptors (Lipinski definition) is 0. The Bertz CT molecular complexity index is 511. The van der Waals surface area contributed by atoms with Gasteiger partial charge in [-0.05, 0) is 47.4 Å². The molecule has 0 nitrogen and oxygen atoms in total. The molecular formula is C19H24. The Morgan fingerprint density at radius 1 is 0.842 bits per heavy atom. The molecule has 100 valence electrons. The van der Waals surface area contributed by atoms with Crippen LogP contribution in [0.2, 0.25) is 0 Å². The van der Waals surface area contributed by atoms with Crippen LogP contribution in [0.1, 0.15) is 48.9 Å². The summed E-state index contributed by atoms with van der Waals surface area (Å²) in [6, 6.07) is 17.8. The molecule has 0 heteroatoms. The van der Waals surface area contributed by atoms with Gasteiger partial charge in [-0.15, -0.1) is 0 Å². The molecule has 0 aliphatic carbocycles. The Morgan fingerprint density at radius 2 is 1.58 bits per heavy atom. The highest BCUT2D eigenvalue weighted by Gasteiger charge is 2.09. The molecule has 1 atom stereocenters. The fraction of sp³-hybridized carbons (Fsp3) is 0.368. The lowest BCUT2D eigenvalue weighted by Crippen LogP contribution is -2.02. The van der Waals surface area contributed by atoms with Crippen molar-refractivity contribution in [3.05, 3.63) is 70.8 Å². The highest BCUT2D eigenvalue weighted by atomic mass is 14.1. The molecule has 19 heavy (non-hydrogen) atoms. The van der Waals surface area contributed by atoms with Gasteiger partial charge in [0.2, 0.25) is 0 Å². The average Bonchev–Trinajstić information content (AvgIpc) is 2.48. The summed E-state index contributed by atoms with van der Waals surface area (Å²) >= 11 is 0. The Kier molecular flexibility index (Phi) is 4.79. The van der Waals surface area contributed by atoms with Gasteiger partial charge in [-0.2, -0.15) is 0 Å². The molecule has 0 radical (unpaired) electrons. The second-order valence-electron chi connectivity index (χ2n) is 5.33. The van der Waals surface area contributed by atoms with E-state index < -0.39 is 0 Å². The number of rotatable bonds is 5. The second kappa shape index (κ2) is 6.56. The topological polar surface area (TPSA) is 0 Å². The molecule has 0 bridgehead atoms. The zero-order valence-electron chi connectivity index (χ0n) is 12.3. The minimum Gasteiger partial charge on any atom is -0.0622 e. The molecule has 2 rings (SSSR count). The van der Waals surface area contributed by atoms with Gasteiger partial charge < -0.3 is 0 Å². The largest absolute Gasteiger partial charge is 0.0622 e. The van der Waals surface area contributed by atoms with Crippen LogP contribution in [0.25, 0.3) is 0 Å². The van der Waals surface area contributed by atoms with Gasteiger partial charge in [0.25, 0.3) is 0 Å². The van der Waals surface area contributed by atoms with Gasteiger partial charge in [-0.1, -0.05) is 69.3 Å². The third-order valence-corrected chi connectivity index (χ3v) is 3.95. The Balaban J connectivity index is 2.19. The van der Waals surface area contributed by atoms with E-state index >= 15 is 0 Å². The minimum absolute atomic E-state index is 0.582. The zero-order chi connectivity index (χ0) is 13.7.